The van der Waals surface area contributed by atoms with E-state index in [1.165, 1.54) is 12.2 Å². The van der Waals surface area contributed by atoms with Gasteiger partial charge in [0.05, 0.1) is 0 Å². The van der Waals surface area contributed by atoms with E-state index < -0.39 is 36.0 Å². The Morgan fingerprint density at radius 3 is 2.42 bits per heavy atom. The molecular formula is C14H16N2O8. The minimum atomic E-state index is -1.33. The highest BCUT2D eigenvalue weighted by atomic mass is 16.4. The van der Waals surface area contributed by atoms with Crippen LogP contribution in [0.25, 0.3) is 0 Å². The highest BCUT2D eigenvalue weighted by molar-refractivity contribution is 5.90. The normalized spacial score (nSPS) is 20.2. The largest absolute Gasteiger partial charge is 0.481 e. The molecule has 0 unspecified atom stereocenters. The molecular weight excluding hydrogens is 324 g/mol. The lowest BCUT2D eigenvalue weighted by atomic mass is 10.00. The molecule has 2 atom stereocenters. The predicted octanol–water partition coefficient (Wildman–Crippen LogP) is -0.283. The second-order valence-corrected chi connectivity index (χ2v) is 4.93. The molecule has 0 bridgehead atoms. The number of hydrogen-bond acceptors (Lipinski definition) is 6. The first kappa shape index (κ1) is 18.9. The number of aliphatic imine (C=N–C) groups is 1. The first-order valence-electron chi connectivity index (χ1n) is 6.82. The van der Waals surface area contributed by atoms with E-state index in [9.17, 15) is 19.2 Å². The van der Waals surface area contributed by atoms with Gasteiger partial charge in [-0.1, -0.05) is 0 Å². The number of nitrogens with zero attached hydrogens (tertiary/aromatic N) is 1. The Hall–Kier alpha value is -3.17. The number of nitrogens with one attached hydrogen (secondary N) is 1. The minimum absolute atomic E-state index is 0.00893. The molecule has 0 radical (unpaired) electrons. The maximum Gasteiger partial charge on any atom is 0.351 e. The molecule has 130 valence electrons. The summed E-state index contributed by atoms with van der Waals surface area (Å²) >= 11 is 0. The van der Waals surface area contributed by atoms with Crippen LogP contribution in [0, 0.1) is 0 Å². The highest BCUT2D eigenvalue weighted by Crippen LogP contribution is 2.16. The molecule has 0 saturated carbocycles. The second-order valence-electron chi connectivity index (χ2n) is 4.93. The van der Waals surface area contributed by atoms with Crippen molar-refractivity contribution >= 4 is 30.1 Å². The van der Waals surface area contributed by atoms with Crippen LogP contribution >= 0.6 is 0 Å². The van der Waals surface area contributed by atoms with E-state index >= 15 is 0 Å². The fourth-order valence-electron chi connectivity index (χ4n) is 1.91. The summed E-state index contributed by atoms with van der Waals surface area (Å²) in [5.41, 5.74) is 0.0404. The Morgan fingerprint density at radius 2 is 1.92 bits per heavy atom. The summed E-state index contributed by atoms with van der Waals surface area (Å²) in [5, 5.41) is 37.8. The minimum Gasteiger partial charge on any atom is -0.481 e. The molecule has 10 nitrogen and oxygen atoms in total. The summed E-state index contributed by atoms with van der Waals surface area (Å²) in [6.07, 6.45) is 3.07. The maximum absolute atomic E-state index is 11.0. The quantitative estimate of drug-likeness (QED) is 0.372. The van der Waals surface area contributed by atoms with Crippen molar-refractivity contribution in [3.63, 3.8) is 0 Å². The number of carboxylic acid groups (broad SMARTS) is 4. The Labute approximate surface area is 135 Å². The van der Waals surface area contributed by atoms with Gasteiger partial charge in [0.1, 0.15) is 17.8 Å². The number of carbonyl (C=O) groups is 4. The van der Waals surface area contributed by atoms with Gasteiger partial charge in [0.15, 0.2) is 0 Å². The standard InChI is InChI=1S/C14H16N2O8/c17-11(18)2-1-8(12(19)20)15-4-3-7-5-9(13(21)22)16-10(6-7)14(23)24/h3-5,8,10,16H,1-2,6H2,(H,17,18)(H,19,20)(H,21,22)(H,23,24)/b7-3-,15-4?/t8-,10-/m1/s1. The van der Waals surface area contributed by atoms with Gasteiger partial charge >= 0.3 is 23.9 Å². The zero-order valence-corrected chi connectivity index (χ0v) is 12.4. The lowest BCUT2D eigenvalue weighted by Crippen LogP contribution is -2.41. The summed E-state index contributed by atoms with van der Waals surface area (Å²) in [5.74, 6) is -4.99. The van der Waals surface area contributed by atoms with Crippen LogP contribution in [-0.4, -0.2) is 62.6 Å². The molecule has 1 aliphatic heterocycles. The third-order valence-electron chi connectivity index (χ3n) is 3.10. The Kier molecular flexibility index (Phi) is 6.65. The number of rotatable bonds is 8. The summed E-state index contributed by atoms with van der Waals surface area (Å²) in [7, 11) is 0. The fraction of sp³-hybridized carbons (Fsp3) is 0.357. The molecule has 24 heavy (non-hydrogen) atoms. The lowest BCUT2D eigenvalue weighted by molar-refractivity contribution is -0.141. The molecule has 0 saturated heterocycles. The average molecular weight is 340 g/mol. The van der Waals surface area contributed by atoms with Gasteiger partial charge in [-0.05, 0) is 24.1 Å². The lowest BCUT2D eigenvalue weighted by Gasteiger charge is -2.21. The van der Waals surface area contributed by atoms with Crippen molar-refractivity contribution in [2.75, 3.05) is 0 Å². The van der Waals surface area contributed by atoms with Crippen LogP contribution in [0.15, 0.2) is 28.4 Å². The van der Waals surface area contributed by atoms with Gasteiger partial charge in [0.2, 0.25) is 0 Å². The van der Waals surface area contributed by atoms with Gasteiger partial charge in [-0.3, -0.25) is 9.79 Å². The van der Waals surface area contributed by atoms with Crippen LogP contribution in [0.4, 0.5) is 0 Å². The molecule has 1 rings (SSSR count). The zero-order valence-electron chi connectivity index (χ0n) is 12.4. The second kappa shape index (κ2) is 8.46. The first-order valence-corrected chi connectivity index (χ1v) is 6.82. The van der Waals surface area contributed by atoms with E-state index in [4.69, 9.17) is 20.4 Å². The number of carboxylic acids is 4. The van der Waals surface area contributed by atoms with Crippen molar-refractivity contribution < 1.29 is 39.6 Å². The van der Waals surface area contributed by atoms with Gasteiger partial charge in [0, 0.05) is 19.1 Å². The van der Waals surface area contributed by atoms with Crippen molar-refractivity contribution in [3.8, 4) is 0 Å². The van der Waals surface area contributed by atoms with Crippen molar-refractivity contribution in [2.24, 2.45) is 4.99 Å². The van der Waals surface area contributed by atoms with Crippen molar-refractivity contribution in [3.05, 3.63) is 23.4 Å². The molecule has 1 heterocycles. The predicted molar refractivity (Wildman–Crippen MR) is 79.8 cm³/mol. The summed E-state index contributed by atoms with van der Waals surface area (Å²) in [4.78, 5) is 47.1. The average Bonchev–Trinajstić information content (AvgIpc) is 2.49. The molecule has 0 aliphatic carbocycles. The van der Waals surface area contributed by atoms with Crippen molar-refractivity contribution in [2.45, 2.75) is 31.3 Å². The molecule has 10 heteroatoms. The molecule has 0 spiro atoms. The highest BCUT2D eigenvalue weighted by Gasteiger charge is 2.26. The molecule has 1 aliphatic rings. The van der Waals surface area contributed by atoms with E-state index in [0.717, 1.165) is 6.21 Å². The molecule has 0 fully saturated rings. The van der Waals surface area contributed by atoms with Gasteiger partial charge in [0.25, 0.3) is 0 Å². The molecule has 5 N–H and O–H groups in total. The van der Waals surface area contributed by atoms with E-state index in [0.29, 0.717) is 5.57 Å². The topological polar surface area (TPSA) is 174 Å². The summed E-state index contributed by atoms with van der Waals surface area (Å²) in [6, 6.07) is -2.37. The van der Waals surface area contributed by atoms with Gasteiger partial charge in [-0.25, -0.2) is 14.4 Å². The zero-order chi connectivity index (χ0) is 18.3. The summed E-state index contributed by atoms with van der Waals surface area (Å²) < 4.78 is 0. The number of aliphatic carboxylic acids is 4. The molecule has 0 aromatic heterocycles. The van der Waals surface area contributed by atoms with Crippen LogP contribution in [-0.2, 0) is 19.2 Å². The van der Waals surface area contributed by atoms with Crippen molar-refractivity contribution in [1.82, 2.24) is 5.32 Å². The van der Waals surface area contributed by atoms with Crippen molar-refractivity contribution in [1.29, 1.82) is 0 Å². The van der Waals surface area contributed by atoms with E-state index in [1.54, 1.807) is 0 Å². The Balaban J connectivity index is 2.90. The SMILES string of the molecule is O=C(O)CC[C@@H](N=C/C=C1/C=C(C(=O)O)N[C@@H](C(=O)O)C1)C(=O)O. The maximum atomic E-state index is 11.0. The monoisotopic (exact) mass is 340 g/mol. The van der Waals surface area contributed by atoms with Crippen LogP contribution in [0.5, 0.6) is 0 Å². The van der Waals surface area contributed by atoms with E-state index in [-0.39, 0.29) is 25.0 Å². The van der Waals surface area contributed by atoms with Crippen LogP contribution in [0.2, 0.25) is 0 Å². The third-order valence-corrected chi connectivity index (χ3v) is 3.10. The number of hydrogen-bond donors (Lipinski definition) is 5. The van der Waals surface area contributed by atoms with Gasteiger partial charge < -0.3 is 25.7 Å². The first-order chi connectivity index (χ1) is 11.2. The number of allylic oxidation sites excluding steroid dienone is 2. The molecule has 0 aromatic rings. The van der Waals surface area contributed by atoms with E-state index in [2.05, 4.69) is 10.3 Å². The molecule has 0 aromatic carbocycles. The molecule has 0 amide bonds. The van der Waals surface area contributed by atoms with Gasteiger partial charge in [-0.2, -0.15) is 0 Å². The van der Waals surface area contributed by atoms with Crippen LogP contribution < -0.4 is 5.32 Å². The Bertz CT molecular complexity index is 635. The van der Waals surface area contributed by atoms with Gasteiger partial charge in [-0.15, -0.1) is 0 Å². The summed E-state index contributed by atoms with van der Waals surface area (Å²) in [6.45, 7) is 0. The fourth-order valence-corrected chi connectivity index (χ4v) is 1.91. The van der Waals surface area contributed by atoms with Crippen LogP contribution in [0.1, 0.15) is 19.3 Å². The smallest absolute Gasteiger partial charge is 0.351 e. The van der Waals surface area contributed by atoms with E-state index in [1.807, 2.05) is 0 Å². The van der Waals surface area contributed by atoms with Crippen LogP contribution in [0.3, 0.4) is 0 Å². The third kappa shape index (κ3) is 5.91. The Morgan fingerprint density at radius 1 is 1.25 bits per heavy atom.